The normalized spacial score (nSPS) is 16.3. The third-order valence-corrected chi connectivity index (χ3v) is 4.44. The fourth-order valence-corrected chi connectivity index (χ4v) is 2.88. The van der Waals surface area contributed by atoms with Gasteiger partial charge in [-0.3, -0.25) is 9.59 Å². The summed E-state index contributed by atoms with van der Waals surface area (Å²) in [6, 6.07) is 7.17. The Morgan fingerprint density at radius 3 is 2.65 bits per heavy atom. The van der Waals surface area contributed by atoms with E-state index in [0.717, 1.165) is 18.4 Å². The number of benzene rings is 1. The maximum absolute atomic E-state index is 12.6. The standard InChI is InChI=1S/C17H23ClN2O3/c1-19(17(22)11-20-10-4-3-5-16(20)21)15(12-23-2)13-6-8-14(18)9-7-13/h6-9,15H,3-5,10-12H2,1-2H3/t15-/m0/s1. The number of halogens is 1. The van der Waals surface area contributed by atoms with Crippen molar-refractivity contribution in [1.82, 2.24) is 9.80 Å². The SMILES string of the molecule is COC[C@@H](c1ccc(Cl)cc1)N(C)C(=O)CN1CCCCC1=O. The Hall–Kier alpha value is -1.59. The molecule has 0 aromatic heterocycles. The van der Waals surface area contributed by atoms with Gasteiger partial charge in [0.15, 0.2) is 0 Å². The van der Waals surface area contributed by atoms with Gasteiger partial charge in [-0.1, -0.05) is 23.7 Å². The minimum Gasteiger partial charge on any atom is -0.382 e. The lowest BCUT2D eigenvalue weighted by atomic mass is 10.1. The lowest BCUT2D eigenvalue weighted by Crippen LogP contribution is -2.45. The molecule has 2 rings (SSSR count). The largest absolute Gasteiger partial charge is 0.382 e. The van der Waals surface area contributed by atoms with Gasteiger partial charge >= 0.3 is 0 Å². The zero-order valence-corrected chi connectivity index (χ0v) is 14.4. The number of nitrogens with zero attached hydrogens (tertiary/aromatic N) is 2. The van der Waals surface area contributed by atoms with Crippen molar-refractivity contribution in [3.05, 3.63) is 34.9 Å². The van der Waals surface area contributed by atoms with Crippen LogP contribution in [0, 0.1) is 0 Å². The van der Waals surface area contributed by atoms with Crippen LogP contribution in [0.4, 0.5) is 0 Å². The molecule has 1 aliphatic rings. The van der Waals surface area contributed by atoms with Gasteiger partial charge in [0.25, 0.3) is 0 Å². The summed E-state index contributed by atoms with van der Waals surface area (Å²) >= 11 is 5.92. The van der Waals surface area contributed by atoms with Crippen LogP contribution in [-0.2, 0) is 14.3 Å². The highest BCUT2D eigenvalue weighted by atomic mass is 35.5. The minimum atomic E-state index is -0.204. The Morgan fingerprint density at radius 2 is 2.04 bits per heavy atom. The van der Waals surface area contributed by atoms with Crippen LogP contribution in [-0.4, -0.2) is 55.5 Å². The van der Waals surface area contributed by atoms with Crippen LogP contribution in [0.25, 0.3) is 0 Å². The second kappa shape index (κ2) is 8.31. The molecule has 5 nitrogen and oxygen atoms in total. The van der Waals surface area contributed by atoms with Crippen molar-refractivity contribution in [1.29, 1.82) is 0 Å². The summed E-state index contributed by atoms with van der Waals surface area (Å²) in [6.45, 7) is 1.18. The number of amides is 2. The van der Waals surface area contributed by atoms with Crippen molar-refractivity contribution in [3.8, 4) is 0 Å². The first kappa shape index (κ1) is 17.8. The first-order chi connectivity index (χ1) is 11.0. The number of methoxy groups -OCH3 is 1. The van der Waals surface area contributed by atoms with Crippen LogP contribution in [0.2, 0.25) is 5.02 Å². The van der Waals surface area contributed by atoms with E-state index < -0.39 is 0 Å². The van der Waals surface area contributed by atoms with Gasteiger partial charge in [0.05, 0.1) is 19.2 Å². The molecule has 1 aliphatic heterocycles. The van der Waals surface area contributed by atoms with E-state index in [9.17, 15) is 9.59 Å². The second-order valence-electron chi connectivity index (χ2n) is 5.80. The van der Waals surface area contributed by atoms with Gasteiger partial charge in [0.2, 0.25) is 11.8 Å². The predicted molar refractivity (Wildman–Crippen MR) is 89.3 cm³/mol. The molecule has 23 heavy (non-hydrogen) atoms. The molecule has 0 spiro atoms. The van der Waals surface area contributed by atoms with Gasteiger partial charge in [-0.15, -0.1) is 0 Å². The monoisotopic (exact) mass is 338 g/mol. The van der Waals surface area contributed by atoms with E-state index in [1.807, 2.05) is 12.1 Å². The maximum Gasteiger partial charge on any atom is 0.242 e. The van der Waals surface area contributed by atoms with Crippen LogP contribution < -0.4 is 0 Å². The third-order valence-electron chi connectivity index (χ3n) is 4.19. The summed E-state index contributed by atoms with van der Waals surface area (Å²) in [7, 11) is 3.35. The van der Waals surface area contributed by atoms with Gasteiger partial charge < -0.3 is 14.5 Å². The minimum absolute atomic E-state index is 0.0628. The van der Waals surface area contributed by atoms with E-state index in [1.165, 1.54) is 0 Å². The van der Waals surface area contributed by atoms with E-state index >= 15 is 0 Å². The number of carbonyl (C=O) groups excluding carboxylic acids is 2. The summed E-state index contributed by atoms with van der Waals surface area (Å²) in [6.07, 6.45) is 2.41. The highest BCUT2D eigenvalue weighted by molar-refractivity contribution is 6.30. The molecule has 6 heteroatoms. The van der Waals surface area contributed by atoms with Gasteiger partial charge in [-0.2, -0.15) is 0 Å². The smallest absolute Gasteiger partial charge is 0.242 e. The van der Waals surface area contributed by atoms with Crippen LogP contribution >= 0.6 is 11.6 Å². The molecule has 2 amide bonds. The molecule has 0 bridgehead atoms. The number of carbonyl (C=O) groups is 2. The van der Waals surface area contributed by atoms with E-state index in [0.29, 0.717) is 24.6 Å². The van der Waals surface area contributed by atoms with E-state index in [4.69, 9.17) is 16.3 Å². The summed E-state index contributed by atoms with van der Waals surface area (Å²) in [4.78, 5) is 27.7. The number of likely N-dealkylation sites (N-methyl/N-ethyl adjacent to an activating group) is 1. The van der Waals surface area contributed by atoms with Gasteiger partial charge in [0.1, 0.15) is 0 Å². The van der Waals surface area contributed by atoms with Crippen LogP contribution in [0.1, 0.15) is 30.9 Å². The van der Waals surface area contributed by atoms with E-state index in [1.54, 1.807) is 36.1 Å². The Balaban J connectivity index is 2.07. The first-order valence-corrected chi connectivity index (χ1v) is 8.18. The molecule has 0 N–H and O–H groups in total. The number of ether oxygens (including phenoxy) is 1. The molecule has 1 atom stereocenters. The lowest BCUT2D eigenvalue weighted by molar-refractivity contribution is -0.143. The molecule has 1 heterocycles. The molecule has 0 radical (unpaired) electrons. The Morgan fingerprint density at radius 1 is 1.35 bits per heavy atom. The maximum atomic E-state index is 12.6. The Labute approximate surface area is 142 Å². The van der Waals surface area contributed by atoms with E-state index in [-0.39, 0.29) is 24.4 Å². The van der Waals surface area contributed by atoms with Crippen LogP contribution in [0.3, 0.4) is 0 Å². The number of hydrogen-bond donors (Lipinski definition) is 0. The predicted octanol–water partition coefficient (Wildman–Crippen LogP) is 2.50. The first-order valence-electron chi connectivity index (χ1n) is 7.80. The summed E-state index contributed by atoms with van der Waals surface area (Å²) in [5.41, 5.74) is 0.956. The quantitative estimate of drug-likeness (QED) is 0.800. The van der Waals surface area contributed by atoms with Crippen molar-refractivity contribution in [2.45, 2.75) is 25.3 Å². The molecule has 0 aliphatic carbocycles. The summed E-state index contributed by atoms with van der Waals surface area (Å²) in [5.74, 6) is -0.0231. The number of likely N-dealkylation sites (tertiary alicyclic amines) is 1. The summed E-state index contributed by atoms with van der Waals surface area (Å²) < 4.78 is 5.26. The Kier molecular flexibility index (Phi) is 6.42. The number of hydrogen-bond acceptors (Lipinski definition) is 3. The third kappa shape index (κ3) is 4.69. The zero-order valence-electron chi connectivity index (χ0n) is 13.6. The molecule has 1 aromatic carbocycles. The van der Waals surface area contributed by atoms with Crippen molar-refractivity contribution in [3.63, 3.8) is 0 Å². The fraction of sp³-hybridized carbons (Fsp3) is 0.529. The average molecular weight is 339 g/mol. The van der Waals surface area contributed by atoms with Crippen LogP contribution in [0.15, 0.2) is 24.3 Å². The second-order valence-corrected chi connectivity index (χ2v) is 6.24. The molecule has 1 aromatic rings. The van der Waals surface area contributed by atoms with Gasteiger partial charge in [-0.25, -0.2) is 0 Å². The molecule has 1 saturated heterocycles. The van der Waals surface area contributed by atoms with Gasteiger partial charge in [-0.05, 0) is 30.5 Å². The molecule has 126 valence electrons. The number of piperidine rings is 1. The molecular weight excluding hydrogens is 316 g/mol. The lowest BCUT2D eigenvalue weighted by Gasteiger charge is -2.32. The van der Waals surface area contributed by atoms with Crippen molar-refractivity contribution in [2.24, 2.45) is 0 Å². The fourth-order valence-electron chi connectivity index (χ4n) is 2.75. The molecule has 0 unspecified atom stereocenters. The topological polar surface area (TPSA) is 49.9 Å². The Bertz CT molecular complexity index is 547. The van der Waals surface area contributed by atoms with Crippen molar-refractivity contribution >= 4 is 23.4 Å². The zero-order chi connectivity index (χ0) is 16.8. The molecular formula is C17H23ClN2O3. The highest BCUT2D eigenvalue weighted by Gasteiger charge is 2.26. The molecule has 1 fully saturated rings. The van der Waals surface area contributed by atoms with Crippen molar-refractivity contribution in [2.75, 3.05) is 33.9 Å². The van der Waals surface area contributed by atoms with Gasteiger partial charge in [0, 0.05) is 32.1 Å². The van der Waals surface area contributed by atoms with E-state index in [2.05, 4.69) is 0 Å². The molecule has 0 saturated carbocycles. The summed E-state index contributed by atoms with van der Waals surface area (Å²) in [5, 5.41) is 0.651. The van der Waals surface area contributed by atoms with Crippen LogP contribution in [0.5, 0.6) is 0 Å². The number of rotatable bonds is 6. The van der Waals surface area contributed by atoms with Crippen molar-refractivity contribution < 1.29 is 14.3 Å². The highest BCUT2D eigenvalue weighted by Crippen LogP contribution is 2.22. The average Bonchev–Trinajstić information content (AvgIpc) is 2.55.